The van der Waals surface area contributed by atoms with E-state index in [1.165, 1.54) is 0 Å². The van der Waals surface area contributed by atoms with Gasteiger partial charge in [-0.1, -0.05) is 0 Å². The molecule has 0 unspecified atom stereocenters. The van der Waals surface area contributed by atoms with Crippen LogP contribution in [0.25, 0.3) is 0 Å². The number of methoxy groups -OCH3 is 2. The van der Waals surface area contributed by atoms with E-state index >= 15 is 0 Å². The molecule has 5 nitrogen and oxygen atoms in total. The van der Waals surface area contributed by atoms with E-state index < -0.39 is 39.1 Å². The van der Waals surface area contributed by atoms with Gasteiger partial charge in [-0.25, -0.2) is 0 Å². The minimum atomic E-state index is -7.39. The fraction of sp³-hybridized carbons (Fsp3) is 0.500. The summed E-state index contributed by atoms with van der Waals surface area (Å²) in [5.74, 6) is -16.5. The molecule has 0 aliphatic heterocycles. The molecule has 0 aliphatic carbocycles. The normalized spacial score (nSPS) is 14.0. The highest BCUT2D eigenvalue weighted by Crippen LogP contribution is 2.55. The van der Waals surface area contributed by atoms with Gasteiger partial charge in [-0.2, -0.15) is 47.9 Å². The molecule has 0 saturated carbocycles. The van der Waals surface area contributed by atoms with E-state index in [0.29, 0.717) is 12.1 Å². The lowest BCUT2D eigenvalue weighted by Gasteiger charge is -2.32. The van der Waals surface area contributed by atoms with Gasteiger partial charge in [0.2, 0.25) is 0 Å². The maximum atomic E-state index is 13.6. The van der Waals surface area contributed by atoms with Crippen molar-refractivity contribution in [1.29, 1.82) is 0 Å². The van der Waals surface area contributed by atoms with Gasteiger partial charge >= 0.3 is 33.4 Å². The molecule has 1 rings (SSSR count). The minimum absolute atomic E-state index is 0.296. The largest absolute Gasteiger partial charge is 0.496 e. The Morgan fingerprint density at radius 3 is 1.41 bits per heavy atom. The van der Waals surface area contributed by atoms with Gasteiger partial charge in [0.25, 0.3) is 0 Å². The average molecular weight is 436 g/mol. The van der Waals surface area contributed by atoms with Crippen molar-refractivity contribution in [3.63, 3.8) is 0 Å². The summed E-state index contributed by atoms with van der Waals surface area (Å²) in [5.41, 5.74) is 0. The van der Waals surface area contributed by atoms with Crippen LogP contribution in [0.1, 0.15) is 0 Å². The van der Waals surface area contributed by atoms with Crippen molar-refractivity contribution in [1.82, 2.24) is 0 Å². The molecule has 0 fully saturated rings. The summed E-state index contributed by atoms with van der Waals surface area (Å²) in [6, 6.07) is 2.16. The first-order valence-corrected chi connectivity index (χ1v) is 7.72. The van der Waals surface area contributed by atoms with Gasteiger partial charge in [0, 0.05) is 18.2 Å². The molecule has 0 atom stereocenters. The van der Waals surface area contributed by atoms with Gasteiger partial charge < -0.3 is 13.7 Å². The van der Waals surface area contributed by atoms with Crippen LogP contribution in [0.3, 0.4) is 0 Å². The predicted octanol–water partition coefficient (Wildman–Crippen LogP) is 3.84. The van der Waals surface area contributed by atoms with Crippen molar-refractivity contribution in [2.75, 3.05) is 14.2 Å². The highest BCUT2D eigenvalue weighted by molar-refractivity contribution is 7.88. The van der Waals surface area contributed by atoms with Crippen LogP contribution >= 0.6 is 0 Å². The number of halogens is 9. The summed E-state index contributed by atoms with van der Waals surface area (Å²) >= 11 is 0. The topological polar surface area (TPSA) is 61.8 Å². The number of rotatable bonds is 7. The van der Waals surface area contributed by atoms with Crippen LogP contribution in [0.15, 0.2) is 18.2 Å². The lowest BCUT2D eigenvalue weighted by molar-refractivity contribution is -0.382. The molecule has 0 aliphatic rings. The maximum Gasteiger partial charge on any atom is 0.460 e. The Labute approximate surface area is 145 Å². The van der Waals surface area contributed by atoms with Gasteiger partial charge in [0.1, 0.15) is 17.2 Å². The van der Waals surface area contributed by atoms with E-state index in [2.05, 4.69) is 13.7 Å². The third kappa shape index (κ3) is 3.82. The van der Waals surface area contributed by atoms with E-state index in [4.69, 9.17) is 0 Å². The number of ether oxygens (including phenoxy) is 2. The van der Waals surface area contributed by atoms with Crippen LogP contribution < -0.4 is 13.7 Å². The molecule has 0 spiro atoms. The summed E-state index contributed by atoms with van der Waals surface area (Å²) in [7, 11) is -5.01. The van der Waals surface area contributed by atoms with Crippen LogP contribution in [0.4, 0.5) is 39.5 Å². The monoisotopic (exact) mass is 436 g/mol. The number of hydrogen-bond donors (Lipinski definition) is 0. The fourth-order valence-electron chi connectivity index (χ4n) is 1.53. The molecule has 0 radical (unpaired) electrons. The number of hydrogen-bond acceptors (Lipinski definition) is 5. The van der Waals surface area contributed by atoms with E-state index in [-0.39, 0.29) is 11.5 Å². The molecular weight excluding hydrogens is 427 g/mol. The van der Waals surface area contributed by atoms with Gasteiger partial charge in [-0.3, -0.25) is 0 Å². The van der Waals surface area contributed by atoms with Crippen molar-refractivity contribution in [3.05, 3.63) is 18.2 Å². The molecule has 0 N–H and O–H groups in total. The summed E-state index contributed by atoms with van der Waals surface area (Å²) in [6.45, 7) is 0. The molecule has 1 aromatic carbocycles. The first-order valence-electron chi connectivity index (χ1n) is 6.32. The van der Waals surface area contributed by atoms with Crippen molar-refractivity contribution < 1.29 is 61.6 Å². The zero-order valence-corrected chi connectivity index (χ0v) is 13.9. The average Bonchev–Trinajstić information content (AvgIpc) is 2.52. The number of alkyl halides is 9. The van der Waals surface area contributed by atoms with Crippen molar-refractivity contribution in [3.8, 4) is 17.2 Å². The third-order valence-corrected chi connectivity index (χ3v) is 4.26. The molecule has 0 saturated heterocycles. The molecule has 0 amide bonds. The van der Waals surface area contributed by atoms with Crippen LogP contribution in [-0.4, -0.2) is 45.9 Å². The second kappa shape index (κ2) is 6.83. The van der Waals surface area contributed by atoms with Crippen molar-refractivity contribution in [2.24, 2.45) is 0 Å². The van der Waals surface area contributed by atoms with Crippen LogP contribution in [-0.2, 0) is 10.1 Å². The Kier molecular flexibility index (Phi) is 5.82. The predicted molar refractivity (Wildman–Crippen MR) is 70.0 cm³/mol. The Morgan fingerprint density at radius 2 is 1.07 bits per heavy atom. The molecule has 15 heteroatoms. The minimum Gasteiger partial charge on any atom is -0.496 e. The first kappa shape index (κ1) is 23.0. The standard InChI is InChI=1S/C12H9F9O5S/c1-24-6-3-7(25-2)5-8(4-6)26-27(22,23)12(20,21)10(15,16)9(13,14)11(17,18)19/h3-5H,1-2H3. The maximum absolute atomic E-state index is 13.6. The van der Waals surface area contributed by atoms with Crippen LogP contribution in [0.5, 0.6) is 17.2 Å². The van der Waals surface area contributed by atoms with Gasteiger partial charge in [0.05, 0.1) is 14.2 Å². The number of benzene rings is 1. The first-order chi connectivity index (χ1) is 11.9. The zero-order chi connectivity index (χ0) is 21.5. The van der Waals surface area contributed by atoms with E-state index in [0.717, 1.165) is 20.3 Å². The highest BCUT2D eigenvalue weighted by Gasteiger charge is 2.86. The smallest absolute Gasteiger partial charge is 0.460 e. The van der Waals surface area contributed by atoms with Crippen LogP contribution in [0.2, 0.25) is 0 Å². The Morgan fingerprint density at radius 1 is 0.704 bits per heavy atom. The lowest BCUT2D eigenvalue weighted by atomic mass is 10.1. The summed E-state index contributed by atoms with van der Waals surface area (Å²) in [4.78, 5) is 0. The third-order valence-electron chi connectivity index (χ3n) is 2.96. The van der Waals surface area contributed by atoms with Gasteiger partial charge in [-0.15, -0.1) is 0 Å². The highest BCUT2D eigenvalue weighted by atomic mass is 32.2. The van der Waals surface area contributed by atoms with Crippen LogP contribution in [0, 0.1) is 0 Å². The fourth-order valence-corrected chi connectivity index (χ4v) is 2.42. The van der Waals surface area contributed by atoms with Crippen molar-refractivity contribution >= 4 is 10.1 Å². The summed E-state index contributed by atoms with van der Waals surface area (Å²) < 4.78 is 151. The molecule has 0 aromatic heterocycles. The molecular formula is C12H9F9O5S. The van der Waals surface area contributed by atoms with Gasteiger partial charge in [0.15, 0.2) is 0 Å². The molecule has 1 aromatic rings. The zero-order valence-electron chi connectivity index (χ0n) is 13.1. The van der Waals surface area contributed by atoms with E-state index in [1.807, 2.05) is 0 Å². The van der Waals surface area contributed by atoms with Crippen molar-refractivity contribution in [2.45, 2.75) is 23.3 Å². The second-order valence-electron chi connectivity index (χ2n) is 4.75. The summed E-state index contributed by atoms with van der Waals surface area (Å²) in [6.07, 6.45) is -7.17. The van der Waals surface area contributed by atoms with E-state index in [1.54, 1.807) is 0 Å². The van der Waals surface area contributed by atoms with E-state index in [9.17, 15) is 47.9 Å². The summed E-state index contributed by atoms with van der Waals surface area (Å²) in [5, 5.41) is -6.96. The molecule has 27 heavy (non-hydrogen) atoms. The second-order valence-corrected chi connectivity index (χ2v) is 6.34. The quantitative estimate of drug-likeness (QED) is 0.480. The SMILES string of the molecule is COc1cc(OC)cc(OS(=O)(=O)C(F)(F)C(F)(F)C(F)(F)C(F)(F)F)c1. The molecule has 156 valence electrons. The molecule has 0 heterocycles. The lowest BCUT2D eigenvalue weighted by Crippen LogP contribution is -2.63. The van der Waals surface area contributed by atoms with Gasteiger partial charge in [-0.05, 0) is 0 Å². The Balaban J connectivity index is 3.41. The Bertz CT molecular complexity index is 767. The molecule has 0 bridgehead atoms. The Hall–Kier alpha value is -2.06.